The van der Waals surface area contributed by atoms with Crippen LogP contribution < -0.4 is 0 Å². The lowest BCUT2D eigenvalue weighted by Gasteiger charge is -2.21. The molecule has 0 N–H and O–H groups in total. The van der Waals surface area contributed by atoms with E-state index in [1.54, 1.807) is 0 Å². The molecule has 0 aliphatic carbocycles. The van der Waals surface area contributed by atoms with E-state index in [0.29, 0.717) is 0 Å². The van der Waals surface area contributed by atoms with Crippen LogP contribution in [0, 0.1) is 0 Å². The van der Waals surface area contributed by atoms with Crippen LogP contribution in [0.2, 0.25) is 0 Å². The van der Waals surface area contributed by atoms with E-state index in [4.69, 9.17) is 0 Å². The molecule has 146 valence electrons. The van der Waals surface area contributed by atoms with Crippen molar-refractivity contribution in [3.63, 3.8) is 0 Å². The van der Waals surface area contributed by atoms with Gasteiger partial charge in [0, 0.05) is 19.6 Å². The zero-order valence-electron chi connectivity index (χ0n) is 17.2. The molecule has 0 fully saturated rings. The first kappa shape index (κ1) is 21.4. The molecule has 0 bridgehead atoms. The number of rotatable bonds is 14. The maximum atomic E-state index is 2.52. The van der Waals surface area contributed by atoms with E-state index >= 15 is 0 Å². The van der Waals surface area contributed by atoms with Crippen molar-refractivity contribution >= 4 is 0 Å². The van der Waals surface area contributed by atoms with Crippen LogP contribution in [0.25, 0.3) is 0 Å². The molecule has 0 aliphatic heterocycles. The van der Waals surface area contributed by atoms with Gasteiger partial charge in [-0.05, 0) is 24.0 Å². The van der Waals surface area contributed by atoms with Gasteiger partial charge in [0.25, 0.3) is 0 Å². The van der Waals surface area contributed by atoms with Crippen molar-refractivity contribution in [3.8, 4) is 0 Å². The second kappa shape index (κ2) is 14.2. The maximum absolute atomic E-state index is 2.52. The molecule has 0 unspecified atom stereocenters. The Morgan fingerprint density at radius 3 is 1.70 bits per heavy atom. The summed E-state index contributed by atoms with van der Waals surface area (Å²) >= 11 is 0. The van der Waals surface area contributed by atoms with E-state index < -0.39 is 0 Å². The molecule has 0 amide bonds. The topological polar surface area (TPSA) is 3.24 Å². The van der Waals surface area contributed by atoms with Crippen molar-refractivity contribution in [2.75, 3.05) is 6.54 Å². The van der Waals surface area contributed by atoms with Crippen LogP contribution in [-0.2, 0) is 13.1 Å². The van der Waals surface area contributed by atoms with Crippen LogP contribution in [0.15, 0.2) is 72.8 Å². The van der Waals surface area contributed by atoms with Crippen molar-refractivity contribution in [2.24, 2.45) is 0 Å². The van der Waals surface area contributed by atoms with Crippen molar-refractivity contribution in [1.82, 2.24) is 4.90 Å². The molecule has 1 nitrogen and oxygen atoms in total. The Hall–Kier alpha value is -1.86. The Morgan fingerprint density at radius 1 is 0.630 bits per heavy atom. The van der Waals surface area contributed by atoms with E-state index in [2.05, 4.69) is 84.6 Å². The lowest BCUT2D eigenvalue weighted by atomic mass is 10.1. The van der Waals surface area contributed by atoms with Gasteiger partial charge in [-0.3, -0.25) is 4.90 Å². The van der Waals surface area contributed by atoms with Crippen LogP contribution in [-0.4, -0.2) is 11.4 Å². The monoisotopic (exact) mass is 363 g/mol. The summed E-state index contributed by atoms with van der Waals surface area (Å²) in [7, 11) is 0. The molecule has 2 aromatic carbocycles. The fourth-order valence-electron chi connectivity index (χ4n) is 3.43. The highest BCUT2D eigenvalue weighted by Crippen LogP contribution is 2.11. The van der Waals surface area contributed by atoms with Crippen molar-refractivity contribution < 1.29 is 0 Å². The number of allylic oxidation sites excluding steroid dienone is 1. The molecule has 0 aliphatic rings. The van der Waals surface area contributed by atoms with E-state index in [9.17, 15) is 0 Å². The molecule has 0 saturated heterocycles. The van der Waals surface area contributed by atoms with E-state index in [1.165, 1.54) is 62.5 Å². The lowest BCUT2D eigenvalue weighted by molar-refractivity contribution is 0.285. The standard InChI is InChI=1S/C26H37N/c1-2-3-4-5-6-7-8-9-10-17-22-27(23-25-18-13-11-14-19-25)24-26-20-15-12-16-21-26/h10-21H,2-9,22-24H2,1H3/b17-10-. The third-order valence-electron chi connectivity index (χ3n) is 5.00. The summed E-state index contributed by atoms with van der Waals surface area (Å²) in [4.78, 5) is 2.52. The van der Waals surface area contributed by atoms with Gasteiger partial charge in [0.15, 0.2) is 0 Å². The Morgan fingerprint density at radius 2 is 1.15 bits per heavy atom. The van der Waals surface area contributed by atoms with Gasteiger partial charge in [0.05, 0.1) is 0 Å². The van der Waals surface area contributed by atoms with E-state index in [0.717, 1.165) is 19.6 Å². The van der Waals surface area contributed by atoms with Gasteiger partial charge in [0.2, 0.25) is 0 Å². The van der Waals surface area contributed by atoms with Gasteiger partial charge in [-0.2, -0.15) is 0 Å². The number of hydrogen-bond acceptors (Lipinski definition) is 1. The predicted octanol–water partition coefficient (Wildman–Crippen LogP) is 7.39. The SMILES string of the molecule is CCCCCCCCC/C=C\CN(Cc1ccccc1)Cc1ccccc1. The molecule has 0 atom stereocenters. The summed E-state index contributed by atoms with van der Waals surface area (Å²) in [6, 6.07) is 21.6. The lowest BCUT2D eigenvalue weighted by Crippen LogP contribution is -2.22. The fraction of sp³-hybridized carbons (Fsp3) is 0.462. The quantitative estimate of drug-likeness (QED) is 0.250. The van der Waals surface area contributed by atoms with Gasteiger partial charge in [-0.1, -0.05) is 118 Å². The highest BCUT2D eigenvalue weighted by atomic mass is 15.1. The predicted molar refractivity (Wildman–Crippen MR) is 119 cm³/mol. The molecule has 2 rings (SSSR count). The summed E-state index contributed by atoms with van der Waals surface area (Å²) < 4.78 is 0. The van der Waals surface area contributed by atoms with Crippen LogP contribution in [0.5, 0.6) is 0 Å². The van der Waals surface area contributed by atoms with Crippen LogP contribution >= 0.6 is 0 Å². The number of hydrogen-bond donors (Lipinski definition) is 0. The fourth-order valence-corrected chi connectivity index (χ4v) is 3.43. The van der Waals surface area contributed by atoms with Crippen molar-refractivity contribution in [2.45, 2.75) is 71.4 Å². The van der Waals surface area contributed by atoms with Gasteiger partial charge in [0.1, 0.15) is 0 Å². The van der Waals surface area contributed by atoms with Gasteiger partial charge in [-0.25, -0.2) is 0 Å². The van der Waals surface area contributed by atoms with Crippen LogP contribution in [0.4, 0.5) is 0 Å². The van der Waals surface area contributed by atoms with Gasteiger partial charge >= 0.3 is 0 Å². The highest BCUT2D eigenvalue weighted by molar-refractivity contribution is 5.17. The van der Waals surface area contributed by atoms with Gasteiger partial charge in [-0.15, -0.1) is 0 Å². The number of benzene rings is 2. The van der Waals surface area contributed by atoms with Crippen molar-refractivity contribution in [3.05, 3.63) is 83.9 Å². The minimum atomic E-state index is 0.998. The second-order valence-corrected chi connectivity index (χ2v) is 7.52. The Bertz CT molecular complexity index is 561. The van der Waals surface area contributed by atoms with Crippen LogP contribution in [0.1, 0.15) is 69.4 Å². The summed E-state index contributed by atoms with van der Waals surface area (Å²) in [5.74, 6) is 0. The molecule has 0 heterocycles. The summed E-state index contributed by atoms with van der Waals surface area (Å²) in [6.07, 6.45) is 15.7. The zero-order chi connectivity index (χ0) is 19.0. The first-order chi connectivity index (χ1) is 13.4. The second-order valence-electron chi connectivity index (χ2n) is 7.52. The third-order valence-corrected chi connectivity index (χ3v) is 5.00. The average Bonchev–Trinajstić information content (AvgIpc) is 2.71. The van der Waals surface area contributed by atoms with Crippen molar-refractivity contribution in [1.29, 1.82) is 0 Å². The van der Waals surface area contributed by atoms with Gasteiger partial charge < -0.3 is 0 Å². The minimum absolute atomic E-state index is 0.998. The minimum Gasteiger partial charge on any atom is -0.291 e. The molecular formula is C26H37N. The highest BCUT2D eigenvalue weighted by Gasteiger charge is 2.05. The average molecular weight is 364 g/mol. The summed E-state index contributed by atoms with van der Waals surface area (Å²) in [5, 5.41) is 0. The normalized spacial score (nSPS) is 11.5. The zero-order valence-corrected chi connectivity index (χ0v) is 17.2. The van der Waals surface area contributed by atoms with E-state index in [1.807, 2.05) is 0 Å². The third kappa shape index (κ3) is 10.2. The molecule has 27 heavy (non-hydrogen) atoms. The van der Waals surface area contributed by atoms with E-state index in [-0.39, 0.29) is 0 Å². The smallest absolute Gasteiger partial charge is 0.0240 e. The number of nitrogens with zero attached hydrogens (tertiary/aromatic N) is 1. The Labute approximate surface area is 167 Å². The largest absolute Gasteiger partial charge is 0.291 e. The molecule has 1 heteroatoms. The summed E-state index contributed by atoms with van der Waals surface area (Å²) in [5.41, 5.74) is 2.77. The Balaban J connectivity index is 1.73. The number of unbranched alkanes of at least 4 members (excludes halogenated alkanes) is 7. The van der Waals surface area contributed by atoms with Crippen LogP contribution in [0.3, 0.4) is 0 Å². The molecule has 0 aromatic heterocycles. The first-order valence-corrected chi connectivity index (χ1v) is 10.8. The Kier molecular flexibility index (Phi) is 11.3. The maximum Gasteiger partial charge on any atom is 0.0240 e. The molecule has 2 aromatic rings. The molecule has 0 radical (unpaired) electrons. The molecule has 0 spiro atoms. The molecular weight excluding hydrogens is 326 g/mol. The first-order valence-electron chi connectivity index (χ1n) is 10.8. The molecule has 0 saturated carbocycles. The summed E-state index contributed by atoms with van der Waals surface area (Å²) in [6.45, 7) is 5.29.